The molecule has 0 spiro atoms. The fourth-order valence-electron chi connectivity index (χ4n) is 2.67. The minimum absolute atomic E-state index is 0.0100. The zero-order chi connectivity index (χ0) is 19.2. The van der Waals surface area contributed by atoms with E-state index in [-0.39, 0.29) is 18.4 Å². The predicted octanol–water partition coefficient (Wildman–Crippen LogP) is 4.82. The van der Waals surface area contributed by atoms with Crippen LogP contribution in [-0.2, 0) is 11.3 Å². The second kappa shape index (κ2) is 8.97. The zero-order valence-corrected chi connectivity index (χ0v) is 17.2. The van der Waals surface area contributed by atoms with Crippen molar-refractivity contribution < 1.29 is 9.59 Å². The maximum Gasteiger partial charge on any atom is 0.264 e. The molecule has 2 amide bonds. The lowest BCUT2D eigenvalue weighted by atomic mass is 10.2. The van der Waals surface area contributed by atoms with Crippen LogP contribution in [0.15, 0.2) is 76.6 Å². The summed E-state index contributed by atoms with van der Waals surface area (Å²) in [6, 6.07) is 22.9. The van der Waals surface area contributed by atoms with Gasteiger partial charge in [-0.15, -0.1) is 11.3 Å². The molecule has 3 rings (SSSR count). The summed E-state index contributed by atoms with van der Waals surface area (Å²) in [6.07, 6.45) is 0. The highest BCUT2D eigenvalue weighted by Gasteiger charge is 2.21. The largest absolute Gasteiger partial charge is 0.332 e. The van der Waals surface area contributed by atoms with Crippen molar-refractivity contribution in [1.29, 1.82) is 0 Å². The van der Waals surface area contributed by atoms with Crippen molar-refractivity contribution >= 4 is 44.8 Å². The maximum absolute atomic E-state index is 13.0. The molecule has 0 saturated heterocycles. The van der Waals surface area contributed by atoms with Gasteiger partial charge in [0.25, 0.3) is 5.91 Å². The number of amides is 2. The van der Waals surface area contributed by atoms with Crippen molar-refractivity contribution in [2.45, 2.75) is 6.54 Å². The highest BCUT2D eigenvalue weighted by Crippen LogP contribution is 2.23. The number of hydrogen-bond donors (Lipinski definition) is 0. The van der Waals surface area contributed by atoms with E-state index in [1.165, 1.54) is 16.2 Å². The van der Waals surface area contributed by atoms with E-state index in [1.54, 1.807) is 18.0 Å². The van der Waals surface area contributed by atoms with Gasteiger partial charge in [0.05, 0.1) is 15.2 Å². The molecule has 6 heteroatoms. The van der Waals surface area contributed by atoms with E-state index >= 15 is 0 Å². The molecule has 0 N–H and O–H groups in total. The number of thiophene rings is 1. The molecule has 0 atom stereocenters. The van der Waals surface area contributed by atoms with Crippen LogP contribution >= 0.6 is 27.3 Å². The number of hydrogen-bond acceptors (Lipinski definition) is 3. The van der Waals surface area contributed by atoms with E-state index in [0.29, 0.717) is 11.4 Å². The van der Waals surface area contributed by atoms with Crippen molar-refractivity contribution in [1.82, 2.24) is 4.90 Å². The number of rotatable bonds is 6. The third kappa shape index (κ3) is 5.05. The van der Waals surface area contributed by atoms with Crippen LogP contribution < -0.4 is 4.90 Å². The lowest BCUT2D eigenvalue weighted by Crippen LogP contribution is -2.40. The summed E-state index contributed by atoms with van der Waals surface area (Å²) in [4.78, 5) is 29.4. The SMILES string of the molecule is CN(CC(=O)N(Cc1ccccc1)c1ccccc1)C(=O)c1ccc(Br)s1. The Morgan fingerprint density at radius 3 is 2.15 bits per heavy atom. The van der Waals surface area contributed by atoms with Gasteiger partial charge in [-0.1, -0.05) is 48.5 Å². The van der Waals surface area contributed by atoms with Crippen molar-refractivity contribution in [2.24, 2.45) is 0 Å². The second-order valence-corrected chi connectivity index (χ2v) is 8.53. The normalized spacial score (nSPS) is 10.4. The summed E-state index contributed by atoms with van der Waals surface area (Å²) in [7, 11) is 1.65. The van der Waals surface area contributed by atoms with Crippen LogP contribution in [0.5, 0.6) is 0 Å². The van der Waals surface area contributed by atoms with Crippen molar-refractivity contribution in [3.63, 3.8) is 0 Å². The van der Waals surface area contributed by atoms with Crippen LogP contribution in [0.1, 0.15) is 15.2 Å². The molecule has 27 heavy (non-hydrogen) atoms. The van der Waals surface area contributed by atoms with Gasteiger partial charge in [-0.05, 0) is 45.8 Å². The van der Waals surface area contributed by atoms with Gasteiger partial charge in [-0.2, -0.15) is 0 Å². The number of benzene rings is 2. The topological polar surface area (TPSA) is 40.6 Å². The average Bonchev–Trinajstić information content (AvgIpc) is 3.13. The van der Waals surface area contributed by atoms with Gasteiger partial charge >= 0.3 is 0 Å². The molecular formula is C21H19BrN2O2S. The molecule has 0 radical (unpaired) electrons. The lowest BCUT2D eigenvalue weighted by molar-refractivity contribution is -0.119. The number of nitrogens with zero attached hydrogens (tertiary/aromatic N) is 2. The van der Waals surface area contributed by atoms with E-state index in [9.17, 15) is 9.59 Å². The molecule has 3 aromatic rings. The Morgan fingerprint density at radius 1 is 0.926 bits per heavy atom. The van der Waals surface area contributed by atoms with E-state index in [0.717, 1.165) is 15.0 Å². The molecule has 2 aromatic carbocycles. The Morgan fingerprint density at radius 2 is 1.56 bits per heavy atom. The highest BCUT2D eigenvalue weighted by atomic mass is 79.9. The molecule has 0 unspecified atom stereocenters. The van der Waals surface area contributed by atoms with Gasteiger partial charge < -0.3 is 9.80 Å². The smallest absolute Gasteiger partial charge is 0.264 e. The molecule has 0 saturated carbocycles. The first kappa shape index (κ1) is 19.3. The van der Waals surface area contributed by atoms with Crippen LogP contribution in [0, 0.1) is 0 Å². The van der Waals surface area contributed by atoms with Crippen molar-refractivity contribution in [3.05, 3.63) is 87.0 Å². The first-order chi connectivity index (χ1) is 13.0. The second-order valence-electron chi connectivity index (χ2n) is 6.07. The summed E-state index contributed by atoms with van der Waals surface area (Å²) >= 11 is 4.72. The Bertz CT molecular complexity index is 912. The maximum atomic E-state index is 13.0. The van der Waals surface area contributed by atoms with E-state index in [2.05, 4.69) is 15.9 Å². The average molecular weight is 443 g/mol. The Kier molecular flexibility index (Phi) is 6.42. The van der Waals surface area contributed by atoms with Gasteiger partial charge in [-0.3, -0.25) is 9.59 Å². The summed E-state index contributed by atoms with van der Waals surface area (Å²) in [5.41, 5.74) is 1.84. The van der Waals surface area contributed by atoms with Crippen LogP contribution in [0.25, 0.3) is 0 Å². The van der Waals surface area contributed by atoms with Gasteiger partial charge in [0.2, 0.25) is 5.91 Å². The van der Waals surface area contributed by atoms with Gasteiger partial charge in [0.15, 0.2) is 0 Å². The van der Waals surface area contributed by atoms with Crippen LogP contribution in [0.4, 0.5) is 5.69 Å². The lowest BCUT2D eigenvalue weighted by Gasteiger charge is -2.26. The third-order valence-corrected chi connectivity index (χ3v) is 5.67. The summed E-state index contributed by atoms with van der Waals surface area (Å²) in [5, 5.41) is 0. The standard InChI is InChI=1S/C21H19BrN2O2S/c1-23(21(26)18-12-13-19(22)27-18)15-20(25)24(17-10-6-3-7-11-17)14-16-8-4-2-5-9-16/h2-13H,14-15H2,1H3. The number of anilines is 1. The molecule has 138 valence electrons. The predicted molar refractivity (Wildman–Crippen MR) is 113 cm³/mol. The number of halogens is 1. The number of carbonyl (C=O) groups is 2. The minimum atomic E-state index is -0.160. The molecular weight excluding hydrogens is 424 g/mol. The van der Waals surface area contributed by atoms with Crippen LogP contribution in [0.2, 0.25) is 0 Å². The summed E-state index contributed by atoms with van der Waals surface area (Å²) < 4.78 is 0.889. The van der Waals surface area contributed by atoms with Crippen molar-refractivity contribution in [3.8, 4) is 0 Å². The molecule has 0 aliphatic rings. The van der Waals surface area contributed by atoms with Gasteiger partial charge in [0, 0.05) is 12.7 Å². The van der Waals surface area contributed by atoms with Crippen LogP contribution in [0.3, 0.4) is 0 Å². The molecule has 0 aliphatic carbocycles. The van der Waals surface area contributed by atoms with Gasteiger partial charge in [-0.25, -0.2) is 0 Å². The van der Waals surface area contributed by atoms with Gasteiger partial charge in [0.1, 0.15) is 6.54 Å². The van der Waals surface area contributed by atoms with E-state index in [4.69, 9.17) is 0 Å². The third-order valence-electron chi connectivity index (χ3n) is 4.06. The summed E-state index contributed by atoms with van der Waals surface area (Å²) in [6.45, 7) is 0.465. The Balaban J connectivity index is 1.77. The highest BCUT2D eigenvalue weighted by molar-refractivity contribution is 9.11. The molecule has 1 heterocycles. The monoisotopic (exact) mass is 442 g/mol. The fraction of sp³-hybridized carbons (Fsp3) is 0.143. The van der Waals surface area contributed by atoms with E-state index in [1.807, 2.05) is 66.7 Å². The molecule has 0 bridgehead atoms. The molecule has 0 aliphatic heterocycles. The fourth-order valence-corrected chi connectivity index (χ4v) is 4.06. The first-order valence-corrected chi connectivity index (χ1v) is 10.1. The number of likely N-dealkylation sites (N-methyl/N-ethyl adjacent to an activating group) is 1. The minimum Gasteiger partial charge on any atom is -0.332 e. The Hall–Kier alpha value is -2.44. The summed E-state index contributed by atoms with van der Waals surface area (Å²) in [5.74, 6) is -0.289. The quantitative estimate of drug-likeness (QED) is 0.549. The van der Waals surface area contributed by atoms with Crippen molar-refractivity contribution in [2.75, 3.05) is 18.5 Å². The first-order valence-electron chi connectivity index (χ1n) is 8.45. The zero-order valence-electron chi connectivity index (χ0n) is 14.8. The number of para-hydroxylation sites is 1. The van der Waals surface area contributed by atoms with Crippen LogP contribution in [-0.4, -0.2) is 30.3 Å². The number of carbonyl (C=O) groups excluding carboxylic acids is 2. The molecule has 0 fully saturated rings. The van der Waals surface area contributed by atoms with E-state index < -0.39 is 0 Å². The Labute approximate surface area is 171 Å². The molecule has 4 nitrogen and oxygen atoms in total. The molecule has 1 aromatic heterocycles.